The normalized spacial score (nSPS) is 10.8. The summed E-state index contributed by atoms with van der Waals surface area (Å²) in [7, 11) is 1.65. The van der Waals surface area contributed by atoms with Gasteiger partial charge in [-0.1, -0.05) is 12.1 Å². The van der Waals surface area contributed by atoms with Crippen molar-refractivity contribution in [3.8, 4) is 28.7 Å². The van der Waals surface area contributed by atoms with Gasteiger partial charge in [0.1, 0.15) is 28.7 Å². The lowest BCUT2D eigenvalue weighted by Gasteiger charge is -2.06. The molecule has 0 unspecified atom stereocenters. The van der Waals surface area contributed by atoms with E-state index in [-0.39, 0.29) is 6.61 Å². The number of rotatable bonds is 7. The molecule has 2 aromatic heterocycles. The molecule has 2 aromatic carbocycles. The number of methoxy groups -OCH3 is 1. The van der Waals surface area contributed by atoms with Crippen molar-refractivity contribution in [1.29, 1.82) is 5.26 Å². The molecule has 1 N–H and O–H groups in total. The molecule has 0 saturated heterocycles. The first kappa shape index (κ1) is 19.4. The van der Waals surface area contributed by atoms with Crippen LogP contribution < -0.4 is 14.9 Å². The zero-order valence-electron chi connectivity index (χ0n) is 16.1. The van der Waals surface area contributed by atoms with Gasteiger partial charge >= 0.3 is 0 Å². The molecule has 30 heavy (non-hydrogen) atoms. The molecule has 2 heterocycles. The summed E-state index contributed by atoms with van der Waals surface area (Å²) in [6.07, 6.45) is 3.22. The second-order valence-electron chi connectivity index (χ2n) is 6.17. The van der Waals surface area contributed by atoms with Crippen LogP contribution in [0.1, 0.15) is 5.56 Å². The lowest BCUT2D eigenvalue weighted by atomic mass is 10.1. The fourth-order valence-corrected chi connectivity index (χ4v) is 3.79. The summed E-state index contributed by atoms with van der Waals surface area (Å²) in [6, 6.07) is 17.1. The smallest absolute Gasteiger partial charge is 0.174 e. The minimum atomic E-state index is 0.0237. The lowest BCUT2D eigenvalue weighted by Crippen LogP contribution is -1.96. The van der Waals surface area contributed by atoms with Crippen molar-refractivity contribution in [2.24, 2.45) is 5.10 Å². The van der Waals surface area contributed by atoms with Crippen molar-refractivity contribution < 1.29 is 9.47 Å². The average molecular weight is 415 g/mol. The van der Waals surface area contributed by atoms with E-state index >= 15 is 0 Å². The quantitative estimate of drug-likeness (QED) is 0.347. The molecule has 7 nitrogen and oxygen atoms in total. The highest BCUT2D eigenvalue weighted by atomic mass is 32.1. The van der Waals surface area contributed by atoms with E-state index in [0.717, 1.165) is 32.7 Å². The minimum Gasteiger partial charge on any atom is -0.497 e. The number of aromatic nitrogens is 2. The monoisotopic (exact) mass is 415 g/mol. The molecule has 148 valence electrons. The molecule has 0 radical (unpaired) electrons. The van der Waals surface area contributed by atoms with Crippen molar-refractivity contribution in [2.75, 3.05) is 19.1 Å². The summed E-state index contributed by atoms with van der Waals surface area (Å²) in [4.78, 5) is 9.63. The summed E-state index contributed by atoms with van der Waals surface area (Å²) < 4.78 is 10.5. The fraction of sp³-hybridized carbons (Fsp3) is 0.0909. The van der Waals surface area contributed by atoms with Crippen LogP contribution in [-0.2, 0) is 0 Å². The largest absolute Gasteiger partial charge is 0.497 e. The van der Waals surface area contributed by atoms with Crippen LogP contribution in [0.15, 0.2) is 65.3 Å². The second kappa shape index (κ2) is 9.03. The van der Waals surface area contributed by atoms with E-state index in [9.17, 15) is 0 Å². The third-order valence-electron chi connectivity index (χ3n) is 4.34. The van der Waals surface area contributed by atoms with E-state index in [0.29, 0.717) is 11.6 Å². The molecular weight excluding hydrogens is 398 g/mol. The summed E-state index contributed by atoms with van der Waals surface area (Å²) in [5.41, 5.74) is 6.01. The number of nitrogens with one attached hydrogen (secondary N) is 1. The third kappa shape index (κ3) is 4.21. The Morgan fingerprint density at radius 2 is 1.87 bits per heavy atom. The van der Waals surface area contributed by atoms with Crippen molar-refractivity contribution in [3.63, 3.8) is 0 Å². The minimum absolute atomic E-state index is 0.0237. The number of hydrogen-bond donors (Lipinski definition) is 1. The Bertz CT molecular complexity index is 1210. The molecule has 0 saturated carbocycles. The van der Waals surface area contributed by atoms with Crippen molar-refractivity contribution >= 4 is 33.6 Å². The molecule has 0 spiro atoms. The maximum Gasteiger partial charge on any atom is 0.174 e. The van der Waals surface area contributed by atoms with E-state index in [2.05, 4.69) is 25.9 Å². The first-order chi connectivity index (χ1) is 14.8. The number of benzene rings is 2. The number of ether oxygens (including phenoxy) is 2. The molecule has 0 amide bonds. The molecular formula is C22H17N5O2S. The average Bonchev–Trinajstić information content (AvgIpc) is 3.24. The van der Waals surface area contributed by atoms with Crippen LogP contribution in [0, 0.1) is 11.3 Å². The van der Waals surface area contributed by atoms with Gasteiger partial charge in [0, 0.05) is 10.9 Å². The number of hydrazone groups is 1. The van der Waals surface area contributed by atoms with Crippen molar-refractivity contribution in [3.05, 3.63) is 65.8 Å². The number of anilines is 1. The lowest BCUT2D eigenvalue weighted by molar-refractivity contribution is 0.368. The van der Waals surface area contributed by atoms with Gasteiger partial charge in [-0.2, -0.15) is 10.4 Å². The van der Waals surface area contributed by atoms with Gasteiger partial charge in [-0.15, -0.1) is 11.3 Å². The Balaban J connectivity index is 1.56. The zero-order valence-corrected chi connectivity index (χ0v) is 16.9. The molecule has 0 aliphatic rings. The Kier molecular flexibility index (Phi) is 5.83. The maximum absolute atomic E-state index is 8.56. The topological polar surface area (TPSA) is 92.4 Å². The second-order valence-corrected chi connectivity index (χ2v) is 7.02. The molecule has 0 fully saturated rings. The van der Waals surface area contributed by atoms with Gasteiger partial charge in [-0.05, 0) is 47.5 Å². The SMILES string of the molecule is COc1ccc(-c2csc3ncnc(N/N=C\c4ccc(OCC#N)cc4)c23)cc1. The molecule has 0 aliphatic carbocycles. The molecule has 0 bridgehead atoms. The van der Waals surface area contributed by atoms with Gasteiger partial charge in [-0.25, -0.2) is 9.97 Å². The number of thiophene rings is 1. The highest BCUT2D eigenvalue weighted by molar-refractivity contribution is 7.17. The predicted molar refractivity (Wildman–Crippen MR) is 118 cm³/mol. The van der Waals surface area contributed by atoms with E-state index in [1.165, 1.54) is 6.33 Å². The van der Waals surface area contributed by atoms with Crippen molar-refractivity contribution in [1.82, 2.24) is 9.97 Å². The van der Waals surface area contributed by atoms with Crippen LogP contribution in [0.25, 0.3) is 21.3 Å². The molecule has 8 heteroatoms. The van der Waals surface area contributed by atoms with Crippen LogP contribution in [0.2, 0.25) is 0 Å². The maximum atomic E-state index is 8.56. The summed E-state index contributed by atoms with van der Waals surface area (Å²) >= 11 is 1.56. The van der Waals surface area contributed by atoms with Gasteiger partial charge in [-0.3, -0.25) is 5.43 Å². The van der Waals surface area contributed by atoms with Crippen LogP contribution in [0.4, 0.5) is 5.82 Å². The summed E-state index contributed by atoms with van der Waals surface area (Å²) in [6.45, 7) is 0.0237. The number of nitrogens with zero attached hydrogens (tertiary/aromatic N) is 4. The van der Waals surface area contributed by atoms with Gasteiger partial charge in [0.15, 0.2) is 12.4 Å². The van der Waals surface area contributed by atoms with Crippen LogP contribution >= 0.6 is 11.3 Å². The third-order valence-corrected chi connectivity index (χ3v) is 5.23. The van der Waals surface area contributed by atoms with Gasteiger partial charge in [0.25, 0.3) is 0 Å². The zero-order chi connectivity index (χ0) is 20.8. The van der Waals surface area contributed by atoms with Crippen molar-refractivity contribution in [2.45, 2.75) is 0 Å². The van der Waals surface area contributed by atoms with Gasteiger partial charge < -0.3 is 9.47 Å². The van der Waals surface area contributed by atoms with Crippen LogP contribution in [0.3, 0.4) is 0 Å². The van der Waals surface area contributed by atoms with E-state index in [4.69, 9.17) is 14.7 Å². The fourth-order valence-electron chi connectivity index (χ4n) is 2.88. The van der Waals surface area contributed by atoms with E-state index in [1.807, 2.05) is 42.5 Å². The first-order valence-corrected chi connectivity index (χ1v) is 9.92. The Morgan fingerprint density at radius 1 is 1.10 bits per heavy atom. The summed E-state index contributed by atoms with van der Waals surface area (Å²) in [5.74, 6) is 2.08. The Labute approximate surface area is 177 Å². The Hall–Kier alpha value is -3.96. The highest BCUT2D eigenvalue weighted by Gasteiger charge is 2.13. The van der Waals surface area contributed by atoms with Gasteiger partial charge in [0.2, 0.25) is 0 Å². The predicted octanol–water partition coefficient (Wildman–Crippen LogP) is 4.72. The molecule has 0 aliphatic heterocycles. The molecule has 0 atom stereocenters. The number of fused-ring (bicyclic) bond motifs is 1. The first-order valence-electron chi connectivity index (χ1n) is 9.04. The molecule has 4 rings (SSSR count). The standard InChI is InChI=1S/C22H17N5O2S/c1-28-17-8-4-16(5-9-17)19-13-30-22-20(19)21(24-14-25-22)27-26-12-15-2-6-18(7-3-15)29-11-10-23/h2-9,12-14H,11H2,1H3,(H,24,25,27)/b26-12-. The number of nitriles is 1. The molecule has 4 aromatic rings. The highest BCUT2D eigenvalue weighted by Crippen LogP contribution is 2.36. The summed E-state index contributed by atoms with van der Waals surface area (Å²) in [5, 5.41) is 15.9. The number of hydrogen-bond acceptors (Lipinski definition) is 8. The Morgan fingerprint density at radius 3 is 2.60 bits per heavy atom. The van der Waals surface area contributed by atoms with Gasteiger partial charge in [0.05, 0.1) is 18.7 Å². The van der Waals surface area contributed by atoms with Crippen LogP contribution in [-0.4, -0.2) is 29.9 Å². The van der Waals surface area contributed by atoms with E-state index in [1.54, 1.807) is 36.8 Å². The van der Waals surface area contributed by atoms with Crippen LogP contribution in [0.5, 0.6) is 11.5 Å². The van der Waals surface area contributed by atoms with E-state index < -0.39 is 0 Å².